The molecule has 0 fully saturated rings. The van der Waals surface area contributed by atoms with E-state index in [4.69, 9.17) is 5.73 Å². The van der Waals surface area contributed by atoms with Gasteiger partial charge in [0, 0.05) is 31.0 Å². The van der Waals surface area contributed by atoms with Gasteiger partial charge in [-0.15, -0.1) is 0 Å². The van der Waals surface area contributed by atoms with Crippen LogP contribution in [0.5, 0.6) is 0 Å². The number of rotatable bonds is 7. The number of aromatic nitrogens is 2. The van der Waals surface area contributed by atoms with Crippen molar-refractivity contribution in [3.05, 3.63) is 47.8 Å². The van der Waals surface area contributed by atoms with Crippen LogP contribution in [-0.2, 0) is 13.1 Å². The molecule has 0 saturated carbocycles. The Kier molecular flexibility index (Phi) is 5.39. The molecule has 0 aliphatic carbocycles. The summed E-state index contributed by atoms with van der Waals surface area (Å²) in [6, 6.07) is 10.6. The maximum Gasteiger partial charge on any atom is 0.0765 e. The molecule has 0 bridgehead atoms. The Hall–Kier alpha value is -1.81. The van der Waals surface area contributed by atoms with Crippen LogP contribution in [-0.4, -0.2) is 21.2 Å². The first-order valence-corrected chi connectivity index (χ1v) is 7.73. The highest BCUT2D eigenvalue weighted by Crippen LogP contribution is 2.15. The summed E-state index contributed by atoms with van der Waals surface area (Å²) in [6.07, 6.45) is 3.17. The fourth-order valence-electron chi connectivity index (χ4n) is 2.32. The molecule has 4 nitrogen and oxygen atoms in total. The molecule has 1 aromatic carbocycles. The van der Waals surface area contributed by atoms with E-state index < -0.39 is 0 Å². The summed E-state index contributed by atoms with van der Waals surface area (Å²) in [5.74, 6) is 0. The minimum Gasteiger partial charge on any atom is -0.398 e. The van der Waals surface area contributed by atoms with E-state index >= 15 is 0 Å². The molecule has 114 valence electrons. The van der Waals surface area contributed by atoms with Crippen LogP contribution in [0.3, 0.4) is 0 Å². The van der Waals surface area contributed by atoms with Crippen molar-refractivity contribution in [3.63, 3.8) is 0 Å². The number of nitrogens with zero attached hydrogens (tertiary/aromatic N) is 3. The third-order valence-corrected chi connectivity index (χ3v) is 3.99. The predicted octanol–water partition coefficient (Wildman–Crippen LogP) is 3.46. The standard InChI is InChI=1S/C17H26N4/c1-4-14(3)21-11-10-16(19-21)13-20(5-2)12-15-8-6-7-9-17(15)18/h6-11,14H,4-5,12-13,18H2,1-3H3. The van der Waals surface area contributed by atoms with Crippen molar-refractivity contribution in [2.75, 3.05) is 12.3 Å². The molecule has 2 aromatic rings. The molecule has 1 unspecified atom stereocenters. The van der Waals surface area contributed by atoms with Crippen LogP contribution in [0.25, 0.3) is 0 Å². The first-order valence-electron chi connectivity index (χ1n) is 7.73. The minimum atomic E-state index is 0.457. The molecule has 2 rings (SSSR count). The van der Waals surface area contributed by atoms with Crippen LogP contribution in [0.4, 0.5) is 5.69 Å². The average molecular weight is 286 g/mol. The Morgan fingerprint density at radius 2 is 1.95 bits per heavy atom. The van der Waals surface area contributed by atoms with Gasteiger partial charge < -0.3 is 5.73 Å². The summed E-state index contributed by atoms with van der Waals surface area (Å²) >= 11 is 0. The van der Waals surface area contributed by atoms with Crippen LogP contribution in [0.2, 0.25) is 0 Å². The average Bonchev–Trinajstić information content (AvgIpc) is 2.96. The van der Waals surface area contributed by atoms with Gasteiger partial charge in [-0.3, -0.25) is 9.58 Å². The van der Waals surface area contributed by atoms with Crippen molar-refractivity contribution in [1.29, 1.82) is 0 Å². The van der Waals surface area contributed by atoms with Crippen LogP contribution in [0.1, 0.15) is 44.5 Å². The highest BCUT2D eigenvalue weighted by atomic mass is 15.3. The lowest BCUT2D eigenvalue weighted by Gasteiger charge is -2.20. The lowest BCUT2D eigenvalue weighted by molar-refractivity contribution is 0.267. The molecule has 4 heteroatoms. The fourth-order valence-corrected chi connectivity index (χ4v) is 2.32. The lowest BCUT2D eigenvalue weighted by atomic mass is 10.1. The molecule has 21 heavy (non-hydrogen) atoms. The quantitative estimate of drug-likeness (QED) is 0.793. The summed E-state index contributed by atoms with van der Waals surface area (Å²) < 4.78 is 2.06. The van der Waals surface area contributed by atoms with Gasteiger partial charge in [0.25, 0.3) is 0 Å². The number of hydrogen-bond donors (Lipinski definition) is 1. The van der Waals surface area contributed by atoms with Crippen molar-refractivity contribution < 1.29 is 0 Å². The van der Waals surface area contributed by atoms with E-state index in [1.54, 1.807) is 0 Å². The molecular weight excluding hydrogens is 260 g/mol. The maximum atomic E-state index is 6.03. The van der Waals surface area contributed by atoms with Gasteiger partial charge in [0.2, 0.25) is 0 Å². The normalized spacial score (nSPS) is 12.8. The second-order valence-electron chi connectivity index (χ2n) is 5.55. The molecule has 0 aliphatic heterocycles. The highest BCUT2D eigenvalue weighted by Gasteiger charge is 2.10. The van der Waals surface area contributed by atoms with Gasteiger partial charge in [0.15, 0.2) is 0 Å². The van der Waals surface area contributed by atoms with Crippen molar-refractivity contribution in [1.82, 2.24) is 14.7 Å². The molecule has 0 radical (unpaired) electrons. The minimum absolute atomic E-state index is 0.457. The van der Waals surface area contributed by atoms with Gasteiger partial charge in [-0.1, -0.05) is 32.0 Å². The lowest BCUT2D eigenvalue weighted by Crippen LogP contribution is -2.23. The van der Waals surface area contributed by atoms with Gasteiger partial charge in [-0.25, -0.2) is 0 Å². The second kappa shape index (κ2) is 7.27. The van der Waals surface area contributed by atoms with E-state index in [0.717, 1.165) is 37.4 Å². The van der Waals surface area contributed by atoms with E-state index in [-0.39, 0.29) is 0 Å². The predicted molar refractivity (Wildman–Crippen MR) is 87.9 cm³/mol. The zero-order valence-electron chi connectivity index (χ0n) is 13.3. The SMILES string of the molecule is CCC(C)n1ccc(CN(CC)Cc2ccccc2N)n1. The van der Waals surface area contributed by atoms with Crippen molar-refractivity contribution in [2.24, 2.45) is 0 Å². The maximum absolute atomic E-state index is 6.03. The number of nitrogen functional groups attached to an aromatic ring is 1. The zero-order chi connectivity index (χ0) is 15.2. The molecule has 0 amide bonds. The summed E-state index contributed by atoms with van der Waals surface area (Å²) in [5.41, 5.74) is 9.19. The van der Waals surface area contributed by atoms with Gasteiger partial charge in [-0.2, -0.15) is 5.10 Å². The molecule has 1 aromatic heterocycles. The second-order valence-corrected chi connectivity index (χ2v) is 5.55. The number of anilines is 1. The summed E-state index contributed by atoms with van der Waals surface area (Å²) in [7, 11) is 0. The molecule has 0 saturated heterocycles. The highest BCUT2D eigenvalue weighted by molar-refractivity contribution is 5.46. The summed E-state index contributed by atoms with van der Waals surface area (Å²) in [6.45, 7) is 9.24. The molecule has 2 N–H and O–H groups in total. The van der Waals surface area contributed by atoms with E-state index in [0.29, 0.717) is 6.04 Å². The molecule has 1 atom stereocenters. The number of nitrogens with two attached hydrogens (primary N) is 1. The van der Waals surface area contributed by atoms with E-state index in [1.807, 2.05) is 18.2 Å². The van der Waals surface area contributed by atoms with Crippen molar-refractivity contribution >= 4 is 5.69 Å². The van der Waals surface area contributed by atoms with Crippen molar-refractivity contribution in [3.8, 4) is 0 Å². The number of hydrogen-bond acceptors (Lipinski definition) is 3. The third-order valence-electron chi connectivity index (χ3n) is 3.99. The van der Waals surface area contributed by atoms with Gasteiger partial charge >= 0.3 is 0 Å². The van der Waals surface area contributed by atoms with Crippen molar-refractivity contribution in [2.45, 2.75) is 46.3 Å². The Bertz CT molecular complexity index is 561. The van der Waals surface area contributed by atoms with Crippen LogP contribution >= 0.6 is 0 Å². The monoisotopic (exact) mass is 286 g/mol. The van der Waals surface area contributed by atoms with Crippen LogP contribution < -0.4 is 5.73 Å². The Labute approximate surface area is 127 Å². The van der Waals surface area contributed by atoms with Crippen LogP contribution in [0.15, 0.2) is 36.5 Å². The Balaban J connectivity index is 2.02. The summed E-state index contributed by atoms with van der Waals surface area (Å²) in [5, 5.41) is 4.68. The topological polar surface area (TPSA) is 47.1 Å². The van der Waals surface area contributed by atoms with Gasteiger partial charge in [-0.05, 0) is 37.6 Å². The van der Waals surface area contributed by atoms with Gasteiger partial charge in [0.1, 0.15) is 0 Å². The van der Waals surface area contributed by atoms with E-state index in [1.165, 1.54) is 5.56 Å². The summed E-state index contributed by atoms with van der Waals surface area (Å²) in [4.78, 5) is 2.36. The first kappa shape index (κ1) is 15.6. The zero-order valence-corrected chi connectivity index (χ0v) is 13.3. The van der Waals surface area contributed by atoms with E-state index in [9.17, 15) is 0 Å². The molecule has 0 spiro atoms. The fraction of sp³-hybridized carbons (Fsp3) is 0.471. The molecule has 0 aliphatic rings. The van der Waals surface area contributed by atoms with Crippen LogP contribution in [0, 0.1) is 0 Å². The van der Waals surface area contributed by atoms with Gasteiger partial charge in [0.05, 0.1) is 5.69 Å². The largest absolute Gasteiger partial charge is 0.398 e. The number of benzene rings is 1. The number of para-hydroxylation sites is 1. The first-order chi connectivity index (χ1) is 10.1. The smallest absolute Gasteiger partial charge is 0.0765 e. The Morgan fingerprint density at radius 3 is 2.62 bits per heavy atom. The van der Waals surface area contributed by atoms with E-state index in [2.05, 4.69) is 53.8 Å². The molecule has 1 heterocycles. The molecular formula is C17H26N4. The third kappa shape index (κ3) is 4.08. The Morgan fingerprint density at radius 1 is 1.19 bits per heavy atom.